The average Bonchev–Trinajstić information content (AvgIpc) is 2.42. The largest absolute Gasteiger partial charge is 0.497 e. The van der Waals surface area contributed by atoms with E-state index in [9.17, 15) is 4.79 Å². The monoisotopic (exact) mass is 225 g/mol. The van der Waals surface area contributed by atoms with E-state index in [4.69, 9.17) is 4.74 Å². The van der Waals surface area contributed by atoms with E-state index in [1.165, 1.54) is 0 Å². The number of ether oxygens (including phenoxy) is 1. The third kappa shape index (κ3) is 6.17. The summed E-state index contributed by atoms with van der Waals surface area (Å²) in [4.78, 5) is 15.1. The second-order valence-corrected chi connectivity index (χ2v) is 2.36. The lowest BCUT2D eigenvalue weighted by Crippen LogP contribution is -1.99. The molecular formula is C13H23NO2. The van der Waals surface area contributed by atoms with E-state index in [0.29, 0.717) is 17.9 Å². The predicted octanol–water partition coefficient (Wildman–Crippen LogP) is 3.74. The summed E-state index contributed by atoms with van der Waals surface area (Å²) in [5.74, 6) is 0.704. The molecule has 1 aromatic heterocycles. The SMILES string of the molecule is CC.CC.CCC(=O)c1cc(OC)ccn1. The summed E-state index contributed by atoms with van der Waals surface area (Å²) in [7, 11) is 1.57. The first kappa shape index (κ1) is 17.0. The number of Topliss-reactive ketones (excluding diaryl/α,β-unsaturated/α-hetero) is 1. The highest BCUT2D eigenvalue weighted by atomic mass is 16.5. The average molecular weight is 225 g/mol. The first-order valence-corrected chi connectivity index (χ1v) is 5.81. The Morgan fingerprint density at radius 2 is 1.88 bits per heavy atom. The van der Waals surface area contributed by atoms with Crippen molar-refractivity contribution in [3.63, 3.8) is 0 Å². The van der Waals surface area contributed by atoms with Gasteiger partial charge < -0.3 is 4.74 Å². The molecule has 3 nitrogen and oxygen atoms in total. The van der Waals surface area contributed by atoms with Crippen LogP contribution >= 0.6 is 0 Å². The molecule has 0 radical (unpaired) electrons. The standard InChI is InChI=1S/C9H11NO2.2C2H6/c1-3-9(11)8-6-7(12-2)4-5-10-8;2*1-2/h4-6H,3H2,1-2H3;2*1-2H3. The fourth-order valence-corrected chi connectivity index (χ4v) is 0.872. The Morgan fingerprint density at radius 3 is 2.31 bits per heavy atom. The van der Waals surface area contributed by atoms with Gasteiger partial charge in [0.1, 0.15) is 11.4 Å². The van der Waals surface area contributed by atoms with Crippen molar-refractivity contribution in [1.82, 2.24) is 4.98 Å². The Kier molecular flexibility index (Phi) is 12.4. The van der Waals surface area contributed by atoms with Crippen LogP contribution in [0.2, 0.25) is 0 Å². The summed E-state index contributed by atoms with van der Waals surface area (Å²) in [6.45, 7) is 9.81. The minimum Gasteiger partial charge on any atom is -0.497 e. The fraction of sp³-hybridized carbons (Fsp3) is 0.538. The van der Waals surface area contributed by atoms with E-state index in [-0.39, 0.29) is 5.78 Å². The molecule has 0 atom stereocenters. The van der Waals surface area contributed by atoms with Crippen molar-refractivity contribution in [3.05, 3.63) is 24.0 Å². The molecule has 1 aromatic rings. The maximum atomic E-state index is 11.2. The summed E-state index contributed by atoms with van der Waals surface area (Å²) in [5, 5.41) is 0. The lowest BCUT2D eigenvalue weighted by molar-refractivity contribution is 0.0983. The van der Waals surface area contributed by atoms with Crippen molar-refractivity contribution < 1.29 is 9.53 Å². The molecule has 0 aliphatic heterocycles. The van der Waals surface area contributed by atoms with Crippen LogP contribution in [0, 0.1) is 0 Å². The number of hydrogen-bond donors (Lipinski definition) is 0. The van der Waals surface area contributed by atoms with Gasteiger partial charge in [0.05, 0.1) is 7.11 Å². The van der Waals surface area contributed by atoms with Gasteiger partial charge in [0.25, 0.3) is 0 Å². The van der Waals surface area contributed by atoms with E-state index in [0.717, 1.165) is 0 Å². The number of aromatic nitrogens is 1. The second kappa shape index (κ2) is 11.7. The fourth-order valence-electron chi connectivity index (χ4n) is 0.872. The number of nitrogens with zero attached hydrogens (tertiary/aromatic N) is 1. The van der Waals surface area contributed by atoms with E-state index >= 15 is 0 Å². The number of ketones is 1. The van der Waals surface area contributed by atoms with Gasteiger partial charge in [-0.3, -0.25) is 9.78 Å². The van der Waals surface area contributed by atoms with E-state index in [1.54, 1.807) is 25.4 Å². The molecule has 1 heterocycles. The zero-order valence-electron chi connectivity index (χ0n) is 11.2. The number of carbonyl (C=O) groups is 1. The first-order valence-electron chi connectivity index (χ1n) is 5.81. The highest BCUT2D eigenvalue weighted by Crippen LogP contribution is 2.10. The number of methoxy groups -OCH3 is 1. The van der Waals surface area contributed by atoms with Crippen LogP contribution in [0.1, 0.15) is 51.5 Å². The molecule has 1 rings (SSSR count). The van der Waals surface area contributed by atoms with Crippen molar-refractivity contribution in [1.29, 1.82) is 0 Å². The Hall–Kier alpha value is -1.38. The van der Waals surface area contributed by atoms with Crippen LogP contribution < -0.4 is 4.74 Å². The smallest absolute Gasteiger partial charge is 0.181 e. The Labute approximate surface area is 98.9 Å². The van der Waals surface area contributed by atoms with Crippen LogP contribution in [-0.4, -0.2) is 17.9 Å². The van der Waals surface area contributed by atoms with E-state index in [1.807, 2.05) is 34.6 Å². The quantitative estimate of drug-likeness (QED) is 0.736. The number of pyridine rings is 1. The predicted molar refractivity (Wildman–Crippen MR) is 68.1 cm³/mol. The molecule has 3 heteroatoms. The normalized spacial score (nSPS) is 7.88. The zero-order valence-corrected chi connectivity index (χ0v) is 11.2. The van der Waals surface area contributed by atoms with Crippen LogP contribution in [0.4, 0.5) is 0 Å². The lowest BCUT2D eigenvalue weighted by Gasteiger charge is -2.00. The summed E-state index contributed by atoms with van der Waals surface area (Å²) in [6, 6.07) is 3.36. The molecule has 0 spiro atoms. The summed E-state index contributed by atoms with van der Waals surface area (Å²) in [6.07, 6.45) is 2.04. The molecule has 92 valence electrons. The highest BCUT2D eigenvalue weighted by Gasteiger charge is 2.04. The van der Waals surface area contributed by atoms with E-state index < -0.39 is 0 Å². The number of rotatable bonds is 3. The maximum Gasteiger partial charge on any atom is 0.181 e. The maximum absolute atomic E-state index is 11.2. The molecule has 0 N–H and O–H groups in total. The molecule has 0 aliphatic rings. The molecule has 16 heavy (non-hydrogen) atoms. The van der Waals surface area contributed by atoms with Crippen molar-refractivity contribution in [2.24, 2.45) is 0 Å². The Bertz CT molecular complexity index is 285. The molecule has 0 saturated carbocycles. The van der Waals surface area contributed by atoms with Gasteiger partial charge in [-0.1, -0.05) is 34.6 Å². The van der Waals surface area contributed by atoms with Crippen molar-refractivity contribution >= 4 is 5.78 Å². The van der Waals surface area contributed by atoms with Gasteiger partial charge in [-0.2, -0.15) is 0 Å². The molecule has 0 bridgehead atoms. The third-order valence-electron chi connectivity index (χ3n) is 1.57. The Morgan fingerprint density at radius 1 is 1.31 bits per heavy atom. The minimum atomic E-state index is 0.0360. The second-order valence-electron chi connectivity index (χ2n) is 2.36. The molecule has 0 fully saturated rings. The van der Waals surface area contributed by atoms with Crippen LogP contribution in [0.15, 0.2) is 18.3 Å². The van der Waals surface area contributed by atoms with Gasteiger partial charge in [-0.05, 0) is 6.07 Å². The first-order chi connectivity index (χ1) is 7.77. The van der Waals surface area contributed by atoms with Crippen LogP contribution in [0.5, 0.6) is 5.75 Å². The van der Waals surface area contributed by atoms with Crippen molar-refractivity contribution in [2.75, 3.05) is 7.11 Å². The van der Waals surface area contributed by atoms with Gasteiger partial charge in [-0.25, -0.2) is 0 Å². The molecule has 0 aromatic carbocycles. The van der Waals surface area contributed by atoms with Crippen LogP contribution in [-0.2, 0) is 0 Å². The summed E-state index contributed by atoms with van der Waals surface area (Å²) in [5.41, 5.74) is 0.469. The van der Waals surface area contributed by atoms with Gasteiger partial charge in [0.2, 0.25) is 0 Å². The van der Waals surface area contributed by atoms with E-state index in [2.05, 4.69) is 4.98 Å². The lowest BCUT2D eigenvalue weighted by atomic mass is 10.2. The van der Waals surface area contributed by atoms with Gasteiger partial charge >= 0.3 is 0 Å². The van der Waals surface area contributed by atoms with Crippen molar-refractivity contribution in [3.8, 4) is 5.75 Å². The molecule has 0 aliphatic carbocycles. The third-order valence-corrected chi connectivity index (χ3v) is 1.57. The van der Waals surface area contributed by atoms with Gasteiger partial charge in [-0.15, -0.1) is 0 Å². The molecular weight excluding hydrogens is 202 g/mol. The molecule has 0 saturated heterocycles. The van der Waals surface area contributed by atoms with Crippen LogP contribution in [0.3, 0.4) is 0 Å². The van der Waals surface area contributed by atoms with Crippen LogP contribution in [0.25, 0.3) is 0 Å². The van der Waals surface area contributed by atoms with Gasteiger partial charge in [0.15, 0.2) is 5.78 Å². The zero-order chi connectivity index (χ0) is 13.0. The topological polar surface area (TPSA) is 39.2 Å². The van der Waals surface area contributed by atoms with Crippen molar-refractivity contribution in [2.45, 2.75) is 41.0 Å². The Balaban J connectivity index is 0. The number of hydrogen-bond acceptors (Lipinski definition) is 3. The summed E-state index contributed by atoms with van der Waals surface area (Å²) >= 11 is 0. The van der Waals surface area contributed by atoms with Gasteiger partial charge in [0, 0.05) is 18.7 Å². The number of carbonyl (C=O) groups excluding carboxylic acids is 1. The minimum absolute atomic E-state index is 0.0360. The molecule has 0 unspecified atom stereocenters. The summed E-state index contributed by atoms with van der Waals surface area (Å²) < 4.78 is 4.96. The highest BCUT2D eigenvalue weighted by molar-refractivity contribution is 5.94. The molecule has 0 amide bonds.